The van der Waals surface area contributed by atoms with Gasteiger partial charge in [0, 0.05) is 17.8 Å². The first-order chi connectivity index (χ1) is 7.24. The summed E-state index contributed by atoms with van der Waals surface area (Å²) in [5.41, 5.74) is 0.605. The molecule has 0 aliphatic carbocycles. The van der Waals surface area contributed by atoms with Gasteiger partial charge >= 0.3 is 0 Å². The molecule has 80 valence electrons. The molecule has 0 atom stereocenters. The quantitative estimate of drug-likeness (QED) is 0.407. The topological polar surface area (TPSA) is 39.2 Å². The zero-order valence-electron chi connectivity index (χ0n) is 8.90. The van der Waals surface area contributed by atoms with Crippen molar-refractivity contribution in [3.63, 3.8) is 0 Å². The number of allylic oxidation sites excluding steroid dienone is 1. The fourth-order valence-corrected chi connectivity index (χ4v) is 1.08. The van der Waals surface area contributed by atoms with Gasteiger partial charge in [0.15, 0.2) is 5.78 Å². The molecule has 0 saturated carbocycles. The number of unbranched alkanes of at least 4 members (excludes halogenated alkanes) is 1. The average molecular weight is 205 g/mol. The molecule has 1 aromatic rings. The maximum Gasteiger partial charge on any atom is 0.213 e. The van der Waals surface area contributed by atoms with Crippen LogP contribution in [0.4, 0.5) is 0 Å². The normalized spacial score (nSPS) is 9.67. The van der Waals surface area contributed by atoms with Crippen LogP contribution in [0.3, 0.4) is 0 Å². The van der Waals surface area contributed by atoms with Gasteiger partial charge in [0.2, 0.25) is 5.88 Å². The summed E-state index contributed by atoms with van der Waals surface area (Å²) in [4.78, 5) is 15.0. The summed E-state index contributed by atoms with van der Waals surface area (Å²) in [6, 6.07) is 3.43. The third-order valence-corrected chi connectivity index (χ3v) is 1.95. The third kappa shape index (κ3) is 3.94. The van der Waals surface area contributed by atoms with E-state index in [4.69, 9.17) is 4.74 Å². The lowest BCUT2D eigenvalue weighted by Gasteiger charge is -2.03. The second-order valence-electron chi connectivity index (χ2n) is 3.22. The Morgan fingerprint density at radius 1 is 1.60 bits per heavy atom. The number of Topliss-reactive ketones (excluding diaryl/α,β-unsaturated/α-hetero) is 1. The van der Waals surface area contributed by atoms with Gasteiger partial charge in [0.05, 0.1) is 6.61 Å². The molecular formula is C12H15NO2. The highest BCUT2D eigenvalue weighted by Gasteiger charge is 2.00. The van der Waals surface area contributed by atoms with E-state index in [2.05, 4.69) is 11.6 Å². The highest BCUT2D eigenvalue weighted by Crippen LogP contribution is 2.08. The number of carbonyl (C=O) groups excluding carboxylic acids is 1. The van der Waals surface area contributed by atoms with Crippen LogP contribution >= 0.6 is 0 Å². The fourth-order valence-electron chi connectivity index (χ4n) is 1.08. The van der Waals surface area contributed by atoms with Crippen LogP contribution in [0.2, 0.25) is 0 Å². The van der Waals surface area contributed by atoms with Crippen molar-refractivity contribution >= 4 is 5.78 Å². The minimum Gasteiger partial charge on any atom is -0.478 e. The Bertz CT molecular complexity index is 330. The Kier molecular flexibility index (Phi) is 4.54. The Balaban J connectivity index is 2.42. The van der Waals surface area contributed by atoms with Gasteiger partial charge in [-0.05, 0) is 25.8 Å². The predicted octanol–water partition coefficient (Wildman–Crippen LogP) is 2.63. The number of nitrogens with zero attached hydrogens (tertiary/aromatic N) is 1. The molecule has 0 aromatic carbocycles. The lowest BCUT2D eigenvalue weighted by Crippen LogP contribution is -2.00. The van der Waals surface area contributed by atoms with Crippen LogP contribution in [0.1, 0.15) is 30.1 Å². The summed E-state index contributed by atoms with van der Waals surface area (Å²) in [5.74, 6) is 0.574. The lowest BCUT2D eigenvalue weighted by atomic mass is 10.2. The van der Waals surface area contributed by atoms with Crippen LogP contribution in [-0.2, 0) is 0 Å². The molecule has 3 heteroatoms. The summed E-state index contributed by atoms with van der Waals surface area (Å²) in [6.45, 7) is 5.77. The molecule has 3 nitrogen and oxygen atoms in total. The van der Waals surface area contributed by atoms with E-state index >= 15 is 0 Å². The Hall–Kier alpha value is -1.64. The van der Waals surface area contributed by atoms with Gasteiger partial charge in [-0.1, -0.05) is 6.08 Å². The molecule has 0 bridgehead atoms. The molecule has 15 heavy (non-hydrogen) atoms. The second kappa shape index (κ2) is 5.96. The van der Waals surface area contributed by atoms with Crippen molar-refractivity contribution in [2.45, 2.75) is 19.8 Å². The SMILES string of the molecule is C=CCCCOc1ccc(C(C)=O)cn1. The second-order valence-corrected chi connectivity index (χ2v) is 3.22. The fraction of sp³-hybridized carbons (Fsp3) is 0.333. The Morgan fingerprint density at radius 3 is 2.93 bits per heavy atom. The van der Waals surface area contributed by atoms with Crippen molar-refractivity contribution in [2.24, 2.45) is 0 Å². The van der Waals surface area contributed by atoms with Crippen LogP contribution in [0, 0.1) is 0 Å². The van der Waals surface area contributed by atoms with Crippen LogP contribution in [-0.4, -0.2) is 17.4 Å². The van der Waals surface area contributed by atoms with Crippen LogP contribution in [0.5, 0.6) is 5.88 Å². The highest BCUT2D eigenvalue weighted by atomic mass is 16.5. The number of rotatable bonds is 6. The van der Waals surface area contributed by atoms with Crippen molar-refractivity contribution < 1.29 is 9.53 Å². The molecule has 0 aliphatic rings. The van der Waals surface area contributed by atoms with Gasteiger partial charge in [-0.3, -0.25) is 4.79 Å². The Labute approximate surface area is 89.8 Å². The first-order valence-corrected chi connectivity index (χ1v) is 4.94. The van der Waals surface area contributed by atoms with Crippen molar-refractivity contribution in [2.75, 3.05) is 6.61 Å². The zero-order chi connectivity index (χ0) is 11.1. The highest BCUT2D eigenvalue weighted by molar-refractivity contribution is 5.93. The van der Waals surface area contributed by atoms with Gasteiger partial charge in [0.1, 0.15) is 0 Å². The summed E-state index contributed by atoms with van der Waals surface area (Å²) >= 11 is 0. The molecule has 0 aliphatic heterocycles. The van der Waals surface area contributed by atoms with E-state index in [1.807, 2.05) is 6.08 Å². The minimum absolute atomic E-state index is 0.0145. The van der Waals surface area contributed by atoms with E-state index in [1.54, 1.807) is 12.1 Å². The average Bonchev–Trinajstić information content (AvgIpc) is 2.25. The summed E-state index contributed by atoms with van der Waals surface area (Å²) < 4.78 is 5.37. The predicted molar refractivity (Wildman–Crippen MR) is 59.2 cm³/mol. The molecule has 0 amide bonds. The molecule has 1 aromatic heterocycles. The van der Waals surface area contributed by atoms with Crippen LogP contribution in [0.15, 0.2) is 31.0 Å². The molecule has 0 radical (unpaired) electrons. The monoisotopic (exact) mass is 205 g/mol. The first kappa shape index (κ1) is 11.4. The minimum atomic E-state index is 0.0145. The number of ether oxygens (including phenoxy) is 1. The van der Waals surface area contributed by atoms with E-state index in [9.17, 15) is 4.79 Å². The first-order valence-electron chi connectivity index (χ1n) is 4.94. The molecular weight excluding hydrogens is 190 g/mol. The van der Waals surface area contributed by atoms with Crippen molar-refractivity contribution in [1.82, 2.24) is 4.98 Å². The molecule has 0 spiro atoms. The number of hydrogen-bond donors (Lipinski definition) is 0. The van der Waals surface area contributed by atoms with E-state index in [0.29, 0.717) is 18.1 Å². The van der Waals surface area contributed by atoms with Crippen molar-refractivity contribution in [3.8, 4) is 5.88 Å². The number of ketones is 1. The third-order valence-electron chi connectivity index (χ3n) is 1.95. The van der Waals surface area contributed by atoms with Gasteiger partial charge in [0.25, 0.3) is 0 Å². The van der Waals surface area contributed by atoms with Crippen molar-refractivity contribution in [1.29, 1.82) is 0 Å². The molecule has 1 heterocycles. The standard InChI is InChI=1S/C12H15NO2/c1-3-4-5-8-15-12-7-6-11(9-13-12)10(2)14/h3,6-7,9H,1,4-5,8H2,2H3. The van der Waals surface area contributed by atoms with Crippen molar-refractivity contribution in [3.05, 3.63) is 36.5 Å². The van der Waals surface area contributed by atoms with Crippen LogP contribution < -0.4 is 4.74 Å². The van der Waals surface area contributed by atoms with Gasteiger partial charge in [-0.25, -0.2) is 4.98 Å². The Morgan fingerprint density at radius 2 is 2.40 bits per heavy atom. The number of pyridine rings is 1. The zero-order valence-corrected chi connectivity index (χ0v) is 8.90. The molecule has 0 unspecified atom stereocenters. The maximum atomic E-state index is 11.0. The molecule has 0 fully saturated rings. The summed E-state index contributed by atoms with van der Waals surface area (Å²) in [7, 11) is 0. The molecule has 0 saturated heterocycles. The van der Waals surface area contributed by atoms with Crippen LogP contribution in [0.25, 0.3) is 0 Å². The smallest absolute Gasteiger partial charge is 0.213 e. The van der Waals surface area contributed by atoms with Gasteiger partial charge in [-0.2, -0.15) is 0 Å². The molecule has 1 rings (SSSR count). The summed E-state index contributed by atoms with van der Waals surface area (Å²) in [5, 5.41) is 0. The van der Waals surface area contributed by atoms with Gasteiger partial charge < -0.3 is 4.74 Å². The lowest BCUT2D eigenvalue weighted by molar-refractivity contribution is 0.101. The van der Waals surface area contributed by atoms with E-state index in [1.165, 1.54) is 13.1 Å². The van der Waals surface area contributed by atoms with E-state index < -0.39 is 0 Å². The molecule has 0 N–H and O–H groups in total. The van der Waals surface area contributed by atoms with E-state index in [0.717, 1.165) is 12.8 Å². The number of carbonyl (C=O) groups is 1. The van der Waals surface area contributed by atoms with E-state index in [-0.39, 0.29) is 5.78 Å². The van der Waals surface area contributed by atoms with Gasteiger partial charge in [-0.15, -0.1) is 6.58 Å². The summed E-state index contributed by atoms with van der Waals surface area (Å²) in [6.07, 6.45) is 5.26. The maximum absolute atomic E-state index is 11.0. The number of hydrogen-bond acceptors (Lipinski definition) is 3. The largest absolute Gasteiger partial charge is 0.478 e. The number of aromatic nitrogens is 1.